The quantitative estimate of drug-likeness (QED) is 0.604. The van der Waals surface area contributed by atoms with Crippen molar-refractivity contribution in [2.45, 2.75) is 70.8 Å². The minimum atomic E-state index is -0.564. The van der Waals surface area contributed by atoms with Crippen LogP contribution in [0, 0.1) is 0 Å². The van der Waals surface area contributed by atoms with Gasteiger partial charge in [0.05, 0.1) is 6.61 Å². The van der Waals surface area contributed by atoms with Gasteiger partial charge in [0.1, 0.15) is 0 Å². The minimum absolute atomic E-state index is 0.000494. The van der Waals surface area contributed by atoms with Gasteiger partial charge in [0, 0.05) is 5.54 Å². The van der Waals surface area contributed by atoms with Crippen molar-refractivity contribution in [3.63, 3.8) is 0 Å². The van der Waals surface area contributed by atoms with E-state index in [2.05, 4.69) is 43.3 Å². The Labute approximate surface area is 147 Å². The van der Waals surface area contributed by atoms with E-state index in [1.807, 2.05) is 6.92 Å². The van der Waals surface area contributed by atoms with E-state index >= 15 is 0 Å². The molecule has 0 saturated carbocycles. The van der Waals surface area contributed by atoms with Gasteiger partial charge < -0.3 is 10.8 Å². The van der Waals surface area contributed by atoms with Crippen LogP contribution in [0.15, 0.2) is 36.4 Å². The molecular formula is C22H33NO. The van der Waals surface area contributed by atoms with Crippen molar-refractivity contribution in [1.82, 2.24) is 0 Å². The van der Waals surface area contributed by atoms with Crippen LogP contribution in [0.5, 0.6) is 0 Å². The molecule has 0 heterocycles. The molecule has 2 aromatic rings. The van der Waals surface area contributed by atoms with Crippen molar-refractivity contribution in [1.29, 1.82) is 0 Å². The van der Waals surface area contributed by atoms with Crippen molar-refractivity contribution < 1.29 is 5.11 Å². The van der Waals surface area contributed by atoms with E-state index < -0.39 is 5.54 Å². The molecule has 0 spiro atoms. The van der Waals surface area contributed by atoms with Crippen LogP contribution in [-0.4, -0.2) is 17.3 Å². The molecular weight excluding hydrogens is 294 g/mol. The number of aliphatic hydroxyl groups excluding tert-OH is 1. The molecule has 2 aromatic carbocycles. The summed E-state index contributed by atoms with van der Waals surface area (Å²) in [6, 6.07) is 13.2. The van der Waals surface area contributed by atoms with Crippen LogP contribution in [0.25, 0.3) is 10.8 Å². The lowest BCUT2D eigenvalue weighted by atomic mass is 9.90. The zero-order chi connectivity index (χ0) is 17.4. The van der Waals surface area contributed by atoms with E-state index in [-0.39, 0.29) is 6.61 Å². The Morgan fingerprint density at radius 3 is 2.50 bits per heavy atom. The van der Waals surface area contributed by atoms with Crippen molar-refractivity contribution >= 4 is 10.8 Å². The van der Waals surface area contributed by atoms with Crippen molar-refractivity contribution in [2.75, 3.05) is 6.61 Å². The highest BCUT2D eigenvalue weighted by molar-refractivity contribution is 5.86. The Kier molecular flexibility index (Phi) is 7.26. The zero-order valence-corrected chi connectivity index (χ0v) is 15.4. The Morgan fingerprint density at radius 2 is 1.75 bits per heavy atom. The normalized spacial score (nSPS) is 14.0. The van der Waals surface area contributed by atoms with Crippen molar-refractivity contribution in [3.8, 4) is 0 Å². The molecule has 0 fully saturated rings. The van der Waals surface area contributed by atoms with Gasteiger partial charge in [-0.2, -0.15) is 0 Å². The first kappa shape index (κ1) is 19.0. The summed E-state index contributed by atoms with van der Waals surface area (Å²) < 4.78 is 0. The van der Waals surface area contributed by atoms with Gasteiger partial charge in [-0.1, -0.05) is 75.4 Å². The smallest absolute Gasteiger partial charge is 0.0611 e. The molecule has 1 atom stereocenters. The number of hydrogen-bond donors (Lipinski definition) is 2. The third-order valence-corrected chi connectivity index (χ3v) is 4.81. The summed E-state index contributed by atoms with van der Waals surface area (Å²) in [5.41, 5.74) is 8.21. The maximum atomic E-state index is 9.42. The van der Waals surface area contributed by atoms with E-state index in [0.717, 1.165) is 6.42 Å². The number of rotatable bonds is 10. The average Bonchev–Trinajstić information content (AvgIpc) is 2.58. The Morgan fingerprint density at radius 1 is 1.00 bits per heavy atom. The monoisotopic (exact) mass is 327 g/mol. The van der Waals surface area contributed by atoms with E-state index in [1.165, 1.54) is 60.4 Å². The molecule has 0 aliphatic heterocycles. The number of fused-ring (bicyclic) bond motifs is 1. The predicted octanol–water partition coefficient (Wildman–Crippen LogP) is 5.00. The highest BCUT2D eigenvalue weighted by Crippen LogP contribution is 2.24. The zero-order valence-electron chi connectivity index (χ0n) is 15.4. The number of aliphatic hydroxyl groups is 1. The van der Waals surface area contributed by atoms with Gasteiger partial charge in [-0.3, -0.25) is 0 Å². The van der Waals surface area contributed by atoms with Crippen LogP contribution in [0.3, 0.4) is 0 Å². The second-order valence-electron chi connectivity index (χ2n) is 7.48. The molecule has 1 unspecified atom stereocenters. The molecule has 0 aliphatic rings. The van der Waals surface area contributed by atoms with Crippen molar-refractivity contribution in [3.05, 3.63) is 47.5 Å². The molecule has 0 amide bonds. The van der Waals surface area contributed by atoms with E-state index in [1.54, 1.807) is 0 Å². The first-order valence-electron chi connectivity index (χ1n) is 9.46. The summed E-state index contributed by atoms with van der Waals surface area (Å²) in [7, 11) is 0. The average molecular weight is 328 g/mol. The van der Waals surface area contributed by atoms with Crippen LogP contribution >= 0.6 is 0 Å². The molecule has 0 saturated heterocycles. The second-order valence-corrected chi connectivity index (χ2v) is 7.48. The fraction of sp³-hybridized carbons (Fsp3) is 0.545. The van der Waals surface area contributed by atoms with Crippen LogP contribution in [0.2, 0.25) is 0 Å². The van der Waals surface area contributed by atoms with Crippen molar-refractivity contribution in [2.24, 2.45) is 5.73 Å². The lowest BCUT2D eigenvalue weighted by Crippen LogP contribution is -2.42. The third-order valence-electron chi connectivity index (χ3n) is 4.81. The largest absolute Gasteiger partial charge is 0.394 e. The highest BCUT2D eigenvalue weighted by atomic mass is 16.3. The molecule has 2 rings (SSSR count). The fourth-order valence-corrected chi connectivity index (χ4v) is 3.31. The van der Waals surface area contributed by atoms with E-state index in [0.29, 0.717) is 6.42 Å². The van der Waals surface area contributed by atoms with Gasteiger partial charge in [0.2, 0.25) is 0 Å². The van der Waals surface area contributed by atoms with Gasteiger partial charge >= 0.3 is 0 Å². The lowest BCUT2D eigenvalue weighted by molar-refractivity contribution is 0.208. The molecule has 132 valence electrons. The number of aryl methyl sites for hydroxylation is 1. The van der Waals surface area contributed by atoms with Gasteiger partial charge in [-0.25, -0.2) is 0 Å². The van der Waals surface area contributed by atoms with Crippen LogP contribution in [0.1, 0.15) is 63.5 Å². The van der Waals surface area contributed by atoms with Crippen LogP contribution in [-0.2, 0) is 12.8 Å². The fourth-order valence-electron chi connectivity index (χ4n) is 3.31. The molecule has 2 nitrogen and oxygen atoms in total. The van der Waals surface area contributed by atoms with Gasteiger partial charge in [0.15, 0.2) is 0 Å². The standard InChI is InChI=1S/C22H33NO/c1-3-4-5-6-7-8-10-18-13-14-21-19(15-18)11-9-12-20(21)16-22(2,23)17-24/h9,11-15,24H,3-8,10,16-17,23H2,1-2H3. The number of benzene rings is 2. The summed E-state index contributed by atoms with van der Waals surface area (Å²) in [5.74, 6) is 0. The first-order valence-corrected chi connectivity index (χ1v) is 9.46. The van der Waals surface area contributed by atoms with E-state index in [4.69, 9.17) is 5.73 Å². The predicted molar refractivity (Wildman–Crippen MR) is 104 cm³/mol. The Balaban J connectivity index is 2.01. The van der Waals surface area contributed by atoms with Gasteiger partial charge in [-0.15, -0.1) is 0 Å². The van der Waals surface area contributed by atoms with Gasteiger partial charge in [-0.05, 0) is 48.1 Å². The molecule has 2 heteroatoms. The lowest BCUT2D eigenvalue weighted by Gasteiger charge is -2.22. The summed E-state index contributed by atoms with van der Waals surface area (Å²) in [6.45, 7) is 4.16. The first-order chi connectivity index (χ1) is 11.6. The topological polar surface area (TPSA) is 46.2 Å². The maximum Gasteiger partial charge on any atom is 0.0611 e. The van der Waals surface area contributed by atoms with Crippen LogP contribution in [0.4, 0.5) is 0 Å². The minimum Gasteiger partial charge on any atom is -0.394 e. The number of hydrogen-bond acceptors (Lipinski definition) is 2. The molecule has 24 heavy (non-hydrogen) atoms. The third kappa shape index (κ3) is 5.61. The highest BCUT2D eigenvalue weighted by Gasteiger charge is 2.18. The molecule has 0 bridgehead atoms. The number of unbranched alkanes of at least 4 members (excludes halogenated alkanes) is 5. The van der Waals surface area contributed by atoms with Gasteiger partial charge in [0.25, 0.3) is 0 Å². The summed E-state index contributed by atoms with van der Waals surface area (Å²) in [5, 5.41) is 12.0. The Hall–Kier alpha value is -1.38. The number of nitrogens with two attached hydrogens (primary N) is 1. The summed E-state index contributed by atoms with van der Waals surface area (Å²) in [6.07, 6.45) is 9.88. The summed E-state index contributed by atoms with van der Waals surface area (Å²) >= 11 is 0. The molecule has 3 N–H and O–H groups in total. The Bertz CT molecular complexity index is 633. The maximum absolute atomic E-state index is 9.42. The molecule has 0 aliphatic carbocycles. The summed E-state index contributed by atoms with van der Waals surface area (Å²) in [4.78, 5) is 0. The SMILES string of the molecule is CCCCCCCCc1ccc2c(CC(C)(N)CO)cccc2c1. The van der Waals surface area contributed by atoms with E-state index in [9.17, 15) is 5.11 Å². The molecule has 0 aromatic heterocycles. The second kappa shape index (κ2) is 9.19. The molecule has 0 radical (unpaired) electrons. The van der Waals surface area contributed by atoms with Crippen LogP contribution < -0.4 is 5.73 Å².